The molecule has 20 heavy (non-hydrogen) atoms. The van der Waals surface area contributed by atoms with Crippen molar-refractivity contribution < 1.29 is 15.0 Å². The minimum atomic E-state index is -0.564. The molecule has 0 saturated heterocycles. The number of rotatable bonds is 3. The molecule has 2 aromatic carbocycles. The minimum Gasteiger partial charge on any atom is -0.508 e. The van der Waals surface area contributed by atoms with Gasteiger partial charge in [0.05, 0.1) is 11.8 Å². The summed E-state index contributed by atoms with van der Waals surface area (Å²) >= 11 is 3.36. The van der Waals surface area contributed by atoms with Crippen LogP contribution in [0.25, 0.3) is 0 Å². The fourth-order valence-electron chi connectivity index (χ4n) is 1.51. The molecule has 0 heterocycles. The van der Waals surface area contributed by atoms with Gasteiger partial charge in [0, 0.05) is 16.1 Å². The summed E-state index contributed by atoms with van der Waals surface area (Å²) in [5.74, 6) is -0.986. The molecular formula is C14H11BrN2O3. The number of halogens is 1. The van der Waals surface area contributed by atoms with Crippen LogP contribution < -0.4 is 5.43 Å². The zero-order chi connectivity index (χ0) is 14.5. The molecule has 2 rings (SSSR count). The lowest BCUT2D eigenvalue weighted by Gasteiger charge is -2.03. The number of benzene rings is 2. The highest BCUT2D eigenvalue weighted by Gasteiger charge is 2.10. The number of hydrazone groups is 1. The first-order chi connectivity index (χ1) is 9.58. The normalized spacial score (nSPS) is 10.7. The predicted octanol–water partition coefficient (Wildman–Crippen LogP) is 2.62. The van der Waals surface area contributed by atoms with Crippen LogP contribution >= 0.6 is 15.9 Å². The molecule has 0 atom stereocenters. The van der Waals surface area contributed by atoms with E-state index in [1.165, 1.54) is 18.3 Å². The maximum Gasteiger partial charge on any atom is 0.275 e. The Kier molecular flexibility index (Phi) is 4.37. The van der Waals surface area contributed by atoms with Crippen molar-refractivity contribution in [1.29, 1.82) is 0 Å². The second-order valence-electron chi connectivity index (χ2n) is 3.92. The molecule has 0 radical (unpaired) electrons. The summed E-state index contributed by atoms with van der Waals surface area (Å²) in [6, 6.07) is 11.1. The van der Waals surface area contributed by atoms with Crippen molar-refractivity contribution in [3.05, 3.63) is 58.1 Å². The zero-order valence-electron chi connectivity index (χ0n) is 10.2. The van der Waals surface area contributed by atoms with Crippen LogP contribution in [0.5, 0.6) is 11.5 Å². The molecule has 0 fully saturated rings. The Bertz CT molecular complexity index is 671. The Morgan fingerprint density at radius 1 is 1.20 bits per heavy atom. The van der Waals surface area contributed by atoms with Gasteiger partial charge in [0.25, 0.3) is 5.91 Å². The van der Waals surface area contributed by atoms with E-state index in [0.29, 0.717) is 0 Å². The van der Waals surface area contributed by atoms with Crippen LogP contribution in [0, 0.1) is 0 Å². The van der Waals surface area contributed by atoms with Crippen LogP contribution in [-0.2, 0) is 0 Å². The number of amides is 1. The molecule has 1 amide bonds. The summed E-state index contributed by atoms with van der Waals surface area (Å²) in [6.45, 7) is 0. The average molecular weight is 335 g/mol. The summed E-state index contributed by atoms with van der Waals surface area (Å²) in [5, 5.41) is 22.5. The maximum atomic E-state index is 11.8. The Morgan fingerprint density at radius 3 is 2.65 bits per heavy atom. The second-order valence-corrected chi connectivity index (χ2v) is 4.78. The van der Waals surface area contributed by atoms with Gasteiger partial charge in [-0.3, -0.25) is 4.79 Å². The van der Waals surface area contributed by atoms with Gasteiger partial charge < -0.3 is 10.2 Å². The lowest BCUT2D eigenvalue weighted by atomic mass is 10.2. The van der Waals surface area contributed by atoms with Gasteiger partial charge in [-0.25, -0.2) is 5.43 Å². The molecule has 5 nitrogen and oxygen atoms in total. The quantitative estimate of drug-likeness (QED) is 0.596. The van der Waals surface area contributed by atoms with Crippen LogP contribution in [0.2, 0.25) is 0 Å². The van der Waals surface area contributed by atoms with E-state index in [-0.39, 0.29) is 17.1 Å². The SMILES string of the molecule is O=C(N/N=C\c1ccccc1Br)c1ccc(O)cc1O. The second kappa shape index (κ2) is 6.21. The lowest BCUT2D eigenvalue weighted by Crippen LogP contribution is -2.17. The maximum absolute atomic E-state index is 11.8. The predicted molar refractivity (Wildman–Crippen MR) is 79.0 cm³/mol. The largest absolute Gasteiger partial charge is 0.508 e. The van der Waals surface area contributed by atoms with E-state index in [1.54, 1.807) is 0 Å². The number of carbonyl (C=O) groups is 1. The van der Waals surface area contributed by atoms with E-state index in [1.807, 2.05) is 24.3 Å². The van der Waals surface area contributed by atoms with Crippen molar-refractivity contribution in [3.63, 3.8) is 0 Å². The molecule has 0 aliphatic rings. The minimum absolute atomic E-state index is 0.0343. The number of aromatic hydroxyl groups is 2. The molecule has 0 aliphatic carbocycles. The Balaban J connectivity index is 2.07. The van der Waals surface area contributed by atoms with Gasteiger partial charge in [0.2, 0.25) is 0 Å². The van der Waals surface area contributed by atoms with Gasteiger partial charge in [-0.1, -0.05) is 34.1 Å². The Hall–Kier alpha value is -2.34. The molecule has 3 N–H and O–H groups in total. The molecule has 0 saturated carbocycles. The molecule has 2 aromatic rings. The summed E-state index contributed by atoms with van der Waals surface area (Å²) in [7, 11) is 0. The topological polar surface area (TPSA) is 81.9 Å². The summed E-state index contributed by atoms with van der Waals surface area (Å²) in [6.07, 6.45) is 1.49. The van der Waals surface area contributed by atoms with E-state index in [4.69, 9.17) is 5.11 Å². The number of hydrogen-bond acceptors (Lipinski definition) is 4. The van der Waals surface area contributed by atoms with E-state index in [2.05, 4.69) is 26.5 Å². The van der Waals surface area contributed by atoms with Crippen LogP contribution in [0.3, 0.4) is 0 Å². The Labute approximate surface area is 123 Å². The number of carbonyl (C=O) groups excluding carboxylic acids is 1. The fraction of sp³-hybridized carbons (Fsp3) is 0. The van der Waals surface area contributed by atoms with Gasteiger partial charge in [0.15, 0.2) is 0 Å². The molecule has 102 valence electrons. The Morgan fingerprint density at radius 2 is 1.95 bits per heavy atom. The third kappa shape index (κ3) is 3.36. The molecule has 0 spiro atoms. The smallest absolute Gasteiger partial charge is 0.275 e. The summed E-state index contributed by atoms with van der Waals surface area (Å²) in [5.41, 5.74) is 3.15. The summed E-state index contributed by atoms with van der Waals surface area (Å²) < 4.78 is 0.852. The van der Waals surface area contributed by atoms with Crippen molar-refractivity contribution in [2.75, 3.05) is 0 Å². The number of phenols is 2. The van der Waals surface area contributed by atoms with E-state index in [0.717, 1.165) is 16.1 Å². The first-order valence-corrected chi connectivity index (χ1v) is 6.47. The third-order valence-electron chi connectivity index (χ3n) is 2.50. The van der Waals surface area contributed by atoms with Crippen LogP contribution in [-0.4, -0.2) is 22.3 Å². The molecule has 0 aromatic heterocycles. The lowest BCUT2D eigenvalue weighted by molar-refractivity contribution is 0.0952. The van der Waals surface area contributed by atoms with Crippen LogP contribution in [0.1, 0.15) is 15.9 Å². The number of nitrogens with one attached hydrogen (secondary N) is 1. The number of nitrogens with zero attached hydrogens (tertiary/aromatic N) is 1. The molecule has 6 heteroatoms. The van der Waals surface area contributed by atoms with Gasteiger partial charge in [-0.15, -0.1) is 0 Å². The fourth-order valence-corrected chi connectivity index (χ4v) is 1.90. The third-order valence-corrected chi connectivity index (χ3v) is 3.22. The zero-order valence-corrected chi connectivity index (χ0v) is 11.8. The van der Waals surface area contributed by atoms with Gasteiger partial charge in [-0.05, 0) is 18.2 Å². The van der Waals surface area contributed by atoms with Crippen molar-refractivity contribution >= 4 is 28.1 Å². The van der Waals surface area contributed by atoms with Crippen LogP contribution in [0.4, 0.5) is 0 Å². The summed E-state index contributed by atoms with van der Waals surface area (Å²) in [4.78, 5) is 11.8. The number of hydrogen-bond donors (Lipinski definition) is 3. The van der Waals surface area contributed by atoms with E-state index < -0.39 is 5.91 Å². The molecule has 0 aliphatic heterocycles. The van der Waals surface area contributed by atoms with Crippen molar-refractivity contribution in [2.45, 2.75) is 0 Å². The molecule has 0 bridgehead atoms. The highest BCUT2D eigenvalue weighted by molar-refractivity contribution is 9.10. The van der Waals surface area contributed by atoms with E-state index >= 15 is 0 Å². The van der Waals surface area contributed by atoms with Gasteiger partial charge in [-0.2, -0.15) is 5.10 Å². The first kappa shape index (κ1) is 14.1. The first-order valence-electron chi connectivity index (χ1n) is 5.68. The molecular weight excluding hydrogens is 324 g/mol. The van der Waals surface area contributed by atoms with Gasteiger partial charge >= 0.3 is 0 Å². The average Bonchev–Trinajstić information content (AvgIpc) is 2.40. The number of phenolic OH excluding ortho intramolecular Hbond substituents is 2. The van der Waals surface area contributed by atoms with E-state index in [9.17, 15) is 9.90 Å². The highest BCUT2D eigenvalue weighted by Crippen LogP contribution is 2.22. The molecule has 0 unspecified atom stereocenters. The van der Waals surface area contributed by atoms with Gasteiger partial charge in [0.1, 0.15) is 11.5 Å². The van der Waals surface area contributed by atoms with Crippen molar-refractivity contribution in [1.82, 2.24) is 5.43 Å². The monoisotopic (exact) mass is 334 g/mol. The van der Waals surface area contributed by atoms with Crippen molar-refractivity contribution in [2.24, 2.45) is 5.10 Å². The van der Waals surface area contributed by atoms with Crippen LogP contribution in [0.15, 0.2) is 52.0 Å². The van der Waals surface area contributed by atoms with Crippen molar-refractivity contribution in [3.8, 4) is 11.5 Å². The highest BCUT2D eigenvalue weighted by atomic mass is 79.9. The standard InChI is InChI=1S/C14H11BrN2O3/c15-12-4-2-1-3-9(12)8-16-17-14(20)11-6-5-10(18)7-13(11)19/h1-8,18-19H,(H,17,20)/b16-8-.